The third-order valence-electron chi connectivity index (χ3n) is 3.65. The second-order valence-corrected chi connectivity index (χ2v) is 7.97. The highest BCUT2D eigenvalue weighted by atomic mass is 79.9. The van der Waals surface area contributed by atoms with Gasteiger partial charge in [0.15, 0.2) is 11.5 Å². The standard InChI is InChI=1S/C17H20BrNO4S/c1-11-8-15(22-3)16(23-4)10-17(11)24(20,21)19-12(2)13-6-5-7-14(18)9-13/h5-10,12,19H,1-4H3. The van der Waals surface area contributed by atoms with Gasteiger partial charge in [-0.3, -0.25) is 0 Å². The largest absolute Gasteiger partial charge is 0.493 e. The number of benzene rings is 2. The summed E-state index contributed by atoms with van der Waals surface area (Å²) in [5.74, 6) is 0.868. The van der Waals surface area contributed by atoms with Crippen LogP contribution in [0.25, 0.3) is 0 Å². The topological polar surface area (TPSA) is 64.6 Å². The predicted octanol–water partition coefficient (Wildman–Crippen LogP) is 3.81. The van der Waals surface area contributed by atoms with Crippen LogP contribution in [-0.2, 0) is 10.0 Å². The van der Waals surface area contributed by atoms with Crippen LogP contribution < -0.4 is 14.2 Å². The lowest BCUT2D eigenvalue weighted by Crippen LogP contribution is -2.27. The van der Waals surface area contributed by atoms with E-state index in [1.54, 1.807) is 19.9 Å². The van der Waals surface area contributed by atoms with E-state index >= 15 is 0 Å². The van der Waals surface area contributed by atoms with E-state index in [2.05, 4.69) is 20.7 Å². The van der Waals surface area contributed by atoms with Gasteiger partial charge in [-0.25, -0.2) is 13.1 Å². The van der Waals surface area contributed by atoms with Crippen LogP contribution in [-0.4, -0.2) is 22.6 Å². The van der Waals surface area contributed by atoms with Gasteiger partial charge < -0.3 is 9.47 Å². The number of methoxy groups -OCH3 is 2. The predicted molar refractivity (Wildman–Crippen MR) is 97.2 cm³/mol. The molecule has 0 aliphatic heterocycles. The molecule has 130 valence electrons. The van der Waals surface area contributed by atoms with Crippen LogP contribution in [0.4, 0.5) is 0 Å². The van der Waals surface area contributed by atoms with Crippen molar-refractivity contribution in [3.05, 3.63) is 52.0 Å². The average Bonchev–Trinajstić information content (AvgIpc) is 2.53. The van der Waals surface area contributed by atoms with E-state index in [1.165, 1.54) is 20.3 Å². The summed E-state index contributed by atoms with van der Waals surface area (Å²) >= 11 is 3.39. The molecule has 24 heavy (non-hydrogen) atoms. The molecule has 2 aromatic carbocycles. The van der Waals surface area contributed by atoms with Crippen LogP contribution in [0.1, 0.15) is 24.1 Å². The van der Waals surface area contributed by atoms with Gasteiger partial charge in [-0.2, -0.15) is 0 Å². The van der Waals surface area contributed by atoms with E-state index in [1.807, 2.05) is 24.3 Å². The highest BCUT2D eigenvalue weighted by Gasteiger charge is 2.23. The molecule has 0 fully saturated rings. The van der Waals surface area contributed by atoms with Crippen molar-refractivity contribution in [2.75, 3.05) is 14.2 Å². The summed E-state index contributed by atoms with van der Waals surface area (Å²) in [4.78, 5) is 0.169. The molecule has 0 bridgehead atoms. The minimum atomic E-state index is -3.71. The van der Waals surface area contributed by atoms with Gasteiger partial charge in [0.25, 0.3) is 0 Å². The molecular formula is C17H20BrNO4S. The molecule has 1 unspecified atom stereocenters. The molecule has 1 atom stereocenters. The lowest BCUT2D eigenvalue weighted by molar-refractivity contribution is 0.353. The van der Waals surface area contributed by atoms with Crippen molar-refractivity contribution in [1.82, 2.24) is 4.72 Å². The van der Waals surface area contributed by atoms with Crippen LogP contribution in [0.5, 0.6) is 11.5 Å². The first-order valence-electron chi connectivity index (χ1n) is 7.29. The van der Waals surface area contributed by atoms with Crippen molar-refractivity contribution >= 4 is 26.0 Å². The number of hydrogen-bond donors (Lipinski definition) is 1. The Morgan fingerprint density at radius 2 is 1.71 bits per heavy atom. The number of nitrogens with one attached hydrogen (secondary N) is 1. The van der Waals surface area contributed by atoms with Gasteiger partial charge in [0.2, 0.25) is 10.0 Å². The Balaban J connectivity index is 2.37. The van der Waals surface area contributed by atoms with Gasteiger partial charge in [0.05, 0.1) is 19.1 Å². The minimum absolute atomic E-state index is 0.169. The Hall–Kier alpha value is -1.57. The van der Waals surface area contributed by atoms with Crippen molar-refractivity contribution in [3.8, 4) is 11.5 Å². The second-order valence-electron chi connectivity index (χ2n) is 5.37. The Morgan fingerprint density at radius 1 is 1.08 bits per heavy atom. The minimum Gasteiger partial charge on any atom is -0.493 e. The molecule has 5 nitrogen and oxygen atoms in total. The fraction of sp³-hybridized carbons (Fsp3) is 0.294. The Labute approximate surface area is 151 Å². The van der Waals surface area contributed by atoms with Gasteiger partial charge in [-0.05, 0) is 43.2 Å². The van der Waals surface area contributed by atoms with E-state index in [9.17, 15) is 8.42 Å². The van der Waals surface area contributed by atoms with Crippen LogP contribution in [0.15, 0.2) is 45.8 Å². The first-order chi connectivity index (χ1) is 11.3. The zero-order valence-electron chi connectivity index (χ0n) is 14.0. The number of halogens is 1. The molecule has 0 spiro atoms. The summed E-state index contributed by atoms with van der Waals surface area (Å²) < 4.78 is 39.5. The third kappa shape index (κ3) is 4.09. The molecule has 7 heteroatoms. The molecule has 0 radical (unpaired) electrons. The van der Waals surface area contributed by atoms with E-state index in [-0.39, 0.29) is 10.9 Å². The van der Waals surface area contributed by atoms with Gasteiger partial charge in [-0.15, -0.1) is 0 Å². The summed E-state index contributed by atoms with van der Waals surface area (Å²) in [6, 6.07) is 10.3. The van der Waals surface area contributed by atoms with Gasteiger partial charge in [0, 0.05) is 16.6 Å². The van der Waals surface area contributed by atoms with Crippen LogP contribution >= 0.6 is 15.9 Å². The molecule has 0 heterocycles. The maximum Gasteiger partial charge on any atom is 0.241 e. The van der Waals surface area contributed by atoms with E-state index in [4.69, 9.17) is 9.47 Å². The second kappa shape index (κ2) is 7.55. The Morgan fingerprint density at radius 3 is 2.29 bits per heavy atom. The molecule has 2 rings (SSSR count). The average molecular weight is 414 g/mol. The van der Waals surface area contributed by atoms with Crippen molar-refractivity contribution < 1.29 is 17.9 Å². The van der Waals surface area contributed by atoms with Crippen LogP contribution in [0.3, 0.4) is 0 Å². The monoisotopic (exact) mass is 413 g/mol. The third-order valence-corrected chi connectivity index (χ3v) is 5.83. The number of sulfonamides is 1. The lowest BCUT2D eigenvalue weighted by Gasteiger charge is -2.17. The fourth-order valence-corrected chi connectivity index (χ4v) is 4.28. The summed E-state index contributed by atoms with van der Waals surface area (Å²) in [6.07, 6.45) is 0. The van der Waals surface area contributed by atoms with Gasteiger partial charge in [-0.1, -0.05) is 28.1 Å². The molecule has 0 saturated heterocycles. The van der Waals surface area contributed by atoms with Gasteiger partial charge in [0.1, 0.15) is 0 Å². The fourth-order valence-electron chi connectivity index (χ4n) is 2.39. The first-order valence-corrected chi connectivity index (χ1v) is 9.56. The lowest BCUT2D eigenvalue weighted by atomic mass is 10.1. The van der Waals surface area contributed by atoms with Crippen molar-refractivity contribution in [1.29, 1.82) is 0 Å². The summed E-state index contributed by atoms with van der Waals surface area (Å²) in [5.41, 5.74) is 1.45. The first kappa shape index (κ1) is 18.8. The summed E-state index contributed by atoms with van der Waals surface area (Å²) in [7, 11) is -0.723. The van der Waals surface area contributed by atoms with E-state index in [0.29, 0.717) is 17.1 Å². The van der Waals surface area contributed by atoms with Crippen molar-refractivity contribution in [2.24, 2.45) is 0 Å². The maximum absolute atomic E-state index is 12.8. The molecule has 0 aliphatic rings. The molecule has 0 amide bonds. The molecule has 2 aromatic rings. The molecule has 0 aliphatic carbocycles. The summed E-state index contributed by atoms with van der Waals surface area (Å²) in [6.45, 7) is 3.52. The highest BCUT2D eigenvalue weighted by Crippen LogP contribution is 2.33. The maximum atomic E-state index is 12.8. The number of aryl methyl sites for hydroxylation is 1. The SMILES string of the molecule is COc1cc(C)c(S(=O)(=O)NC(C)c2cccc(Br)c2)cc1OC. The van der Waals surface area contributed by atoms with E-state index in [0.717, 1.165) is 10.0 Å². The zero-order chi connectivity index (χ0) is 17.9. The quantitative estimate of drug-likeness (QED) is 0.781. The molecule has 1 N–H and O–H groups in total. The molecular weight excluding hydrogens is 394 g/mol. The molecule has 0 aromatic heterocycles. The van der Waals surface area contributed by atoms with E-state index < -0.39 is 10.0 Å². The number of hydrogen-bond acceptors (Lipinski definition) is 4. The molecule has 0 saturated carbocycles. The Kier molecular flexibility index (Phi) is 5.90. The van der Waals surface area contributed by atoms with Crippen molar-refractivity contribution in [3.63, 3.8) is 0 Å². The normalized spacial score (nSPS) is 12.7. The number of rotatable bonds is 6. The van der Waals surface area contributed by atoms with Crippen LogP contribution in [0.2, 0.25) is 0 Å². The Bertz CT molecular complexity index is 836. The number of ether oxygens (including phenoxy) is 2. The zero-order valence-corrected chi connectivity index (χ0v) is 16.4. The summed E-state index contributed by atoms with van der Waals surface area (Å²) in [5, 5.41) is 0. The van der Waals surface area contributed by atoms with Crippen LogP contribution in [0, 0.1) is 6.92 Å². The van der Waals surface area contributed by atoms with Crippen molar-refractivity contribution in [2.45, 2.75) is 24.8 Å². The van der Waals surface area contributed by atoms with Gasteiger partial charge >= 0.3 is 0 Å². The highest BCUT2D eigenvalue weighted by molar-refractivity contribution is 9.10. The smallest absolute Gasteiger partial charge is 0.241 e.